The van der Waals surface area contributed by atoms with Crippen molar-refractivity contribution in [1.82, 2.24) is 4.98 Å². The third kappa shape index (κ3) is 3.29. The maximum Gasteiger partial charge on any atom is 0.331 e. The zero-order valence-corrected chi connectivity index (χ0v) is 18.0. The first-order valence-corrected chi connectivity index (χ1v) is 11.8. The Kier molecular flexibility index (Phi) is 4.72. The number of aryl methyl sites for hydroxylation is 1. The Hall–Kier alpha value is -1.83. The maximum absolute atomic E-state index is 13.1. The molecule has 0 unspecified atom stereocenters. The van der Waals surface area contributed by atoms with Crippen molar-refractivity contribution in [3.63, 3.8) is 0 Å². The van der Waals surface area contributed by atoms with Crippen molar-refractivity contribution in [2.24, 2.45) is 5.41 Å². The molecule has 0 saturated carbocycles. The Morgan fingerprint density at radius 3 is 2.69 bits per heavy atom. The molecule has 1 N–H and O–H groups in total. The van der Waals surface area contributed by atoms with Gasteiger partial charge in [0.05, 0.1) is 13.2 Å². The predicted molar refractivity (Wildman–Crippen MR) is 113 cm³/mol. The number of carboxylic acid groups (broad SMARTS) is 1. The third-order valence-corrected chi connectivity index (χ3v) is 8.60. The normalized spacial score (nSPS) is 20.0. The van der Waals surface area contributed by atoms with E-state index in [9.17, 15) is 14.7 Å². The lowest BCUT2D eigenvalue weighted by Gasteiger charge is -2.44. The molecule has 2 aromatic rings. The van der Waals surface area contributed by atoms with Gasteiger partial charge in [-0.05, 0) is 51.0 Å². The van der Waals surface area contributed by atoms with Crippen molar-refractivity contribution < 1.29 is 19.4 Å². The summed E-state index contributed by atoms with van der Waals surface area (Å²) < 4.78 is 5.50. The van der Waals surface area contributed by atoms with Crippen molar-refractivity contribution in [2.45, 2.75) is 51.9 Å². The van der Waals surface area contributed by atoms with Crippen LogP contribution in [0, 0.1) is 12.3 Å². The molecule has 0 radical (unpaired) electrons. The van der Waals surface area contributed by atoms with Crippen molar-refractivity contribution in [1.29, 1.82) is 0 Å². The summed E-state index contributed by atoms with van der Waals surface area (Å²) in [4.78, 5) is 31.7. The highest BCUT2D eigenvalue weighted by molar-refractivity contribution is 7.15. The van der Waals surface area contributed by atoms with Crippen LogP contribution in [0.25, 0.3) is 10.6 Å². The van der Waals surface area contributed by atoms with Gasteiger partial charge in [-0.15, -0.1) is 22.7 Å². The van der Waals surface area contributed by atoms with E-state index in [4.69, 9.17) is 9.72 Å². The van der Waals surface area contributed by atoms with Crippen LogP contribution in [-0.4, -0.2) is 35.1 Å². The molecular weight excluding hydrogens is 406 g/mol. The molecule has 29 heavy (non-hydrogen) atoms. The molecule has 5 nitrogen and oxygen atoms in total. The molecule has 2 aromatic heterocycles. The highest BCUT2D eigenvalue weighted by atomic mass is 32.1. The molecule has 3 heterocycles. The van der Waals surface area contributed by atoms with Crippen molar-refractivity contribution in [2.75, 3.05) is 13.2 Å². The van der Waals surface area contributed by atoms with Crippen LogP contribution >= 0.6 is 22.7 Å². The molecule has 1 aliphatic heterocycles. The minimum atomic E-state index is -0.945. The summed E-state index contributed by atoms with van der Waals surface area (Å²) in [6.45, 7) is 3.66. The highest BCUT2D eigenvalue weighted by Gasteiger charge is 2.43. The average Bonchev–Trinajstić information content (AvgIpc) is 3.37. The standard InChI is InChI=1S/C22H23NO4S2/c1-12-9-28-20(23-12)19-15-5-6-22(10-27-11-22)8-18(15)29-17(19)7-16(24)13-3-2-4-14(13)21(25)26/h9H,2-8,10-11H2,1H3,(H,25,26). The van der Waals surface area contributed by atoms with Gasteiger partial charge in [-0.25, -0.2) is 9.78 Å². The minimum absolute atomic E-state index is 0.0327. The number of Topliss-reactive ketones (excluding diaryl/α,β-unsaturated/α-hetero) is 1. The van der Waals surface area contributed by atoms with E-state index < -0.39 is 5.97 Å². The smallest absolute Gasteiger partial charge is 0.331 e. The van der Waals surface area contributed by atoms with Gasteiger partial charge < -0.3 is 9.84 Å². The van der Waals surface area contributed by atoms with Crippen LogP contribution < -0.4 is 0 Å². The quantitative estimate of drug-likeness (QED) is 0.764. The Morgan fingerprint density at radius 1 is 1.24 bits per heavy atom. The number of carbonyl (C=O) groups excluding carboxylic acids is 1. The van der Waals surface area contributed by atoms with Crippen molar-refractivity contribution >= 4 is 34.4 Å². The number of rotatable bonds is 5. The number of ether oxygens (including phenoxy) is 1. The first-order chi connectivity index (χ1) is 14.0. The number of aliphatic carboxylic acids is 1. The molecule has 1 spiro atoms. The van der Waals surface area contributed by atoms with Crippen LogP contribution in [0.4, 0.5) is 0 Å². The summed E-state index contributed by atoms with van der Waals surface area (Å²) in [6, 6.07) is 0. The summed E-state index contributed by atoms with van der Waals surface area (Å²) in [5, 5.41) is 12.5. The number of nitrogens with zero attached hydrogens (tertiary/aromatic N) is 1. The molecule has 3 aliphatic rings. The number of hydrogen-bond donors (Lipinski definition) is 1. The molecule has 2 aliphatic carbocycles. The number of hydrogen-bond acceptors (Lipinski definition) is 6. The third-order valence-electron chi connectivity index (χ3n) is 6.39. The van der Waals surface area contributed by atoms with E-state index >= 15 is 0 Å². The van der Waals surface area contributed by atoms with Gasteiger partial charge >= 0.3 is 5.97 Å². The molecule has 1 fully saturated rings. The molecule has 7 heteroatoms. The van der Waals surface area contributed by atoms with Gasteiger partial charge in [0.25, 0.3) is 0 Å². The van der Waals surface area contributed by atoms with E-state index in [1.807, 2.05) is 6.92 Å². The van der Waals surface area contributed by atoms with E-state index in [1.165, 1.54) is 10.4 Å². The Labute approximate surface area is 177 Å². The van der Waals surface area contributed by atoms with Crippen LogP contribution in [-0.2, 0) is 33.6 Å². The van der Waals surface area contributed by atoms with Crippen LogP contribution in [0.1, 0.15) is 46.7 Å². The van der Waals surface area contributed by atoms with E-state index in [0.29, 0.717) is 24.0 Å². The number of thiophene rings is 1. The van der Waals surface area contributed by atoms with Gasteiger partial charge in [0.2, 0.25) is 0 Å². The Bertz CT molecular complexity index is 1040. The van der Waals surface area contributed by atoms with Crippen LogP contribution in [0.15, 0.2) is 16.5 Å². The van der Waals surface area contributed by atoms with E-state index in [0.717, 1.165) is 60.0 Å². The van der Waals surface area contributed by atoms with Gasteiger partial charge in [0.15, 0.2) is 5.78 Å². The van der Waals surface area contributed by atoms with Crippen LogP contribution in [0.3, 0.4) is 0 Å². The van der Waals surface area contributed by atoms with Gasteiger partial charge in [-0.3, -0.25) is 4.79 Å². The summed E-state index contributed by atoms with van der Waals surface area (Å²) >= 11 is 3.37. The number of carboxylic acids is 1. The van der Waals surface area contributed by atoms with Crippen LogP contribution in [0.5, 0.6) is 0 Å². The molecule has 5 rings (SSSR count). The lowest BCUT2D eigenvalue weighted by molar-refractivity contribution is -0.133. The maximum atomic E-state index is 13.1. The molecule has 152 valence electrons. The minimum Gasteiger partial charge on any atom is -0.478 e. The molecule has 1 saturated heterocycles. The van der Waals surface area contributed by atoms with Gasteiger partial charge in [-0.1, -0.05) is 0 Å². The first-order valence-electron chi connectivity index (χ1n) is 10.1. The average molecular weight is 430 g/mol. The summed E-state index contributed by atoms with van der Waals surface area (Å²) in [5.74, 6) is -0.978. The summed E-state index contributed by atoms with van der Waals surface area (Å²) in [7, 11) is 0. The fraction of sp³-hybridized carbons (Fsp3) is 0.500. The second kappa shape index (κ2) is 7.15. The number of ketones is 1. The molecule has 0 bridgehead atoms. The van der Waals surface area contributed by atoms with Crippen molar-refractivity contribution in [3.05, 3.63) is 37.5 Å². The number of carbonyl (C=O) groups is 2. The fourth-order valence-corrected chi connectivity index (χ4v) is 7.30. The lowest BCUT2D eigenvalue weighted by atomic mass is 9.72. The first kappa shape index (κ1) is 19.2. The molecule has 0 amide bonds. The number of fused-ring (bicyclic) bond motifs is 1. The van der Waals surface area contributed by atoms with E-state index in [-0.39, 0.29) is 17.6 Å². The largest absolute Gasteiger partial charge is 0.478 e. The lowest BCUT2D eigenvalue weighted by Crippen LogP contribution is -2.46. The Balaban J connectivity index is 1.53. The fourth-order valence-electron chi connectivity index (χ4n) is 4.81. The van der Waals surface area contributed by atoms with E-state index in [2.05, 4.69) is 5.38 Å². The van der Waals surface area contributed by atoms with Gasteiger partial charge in [-0.2, -0.15) is 0 Å². The molecule has 0 atom stereocenters. The number of aromatic nitrogens is 1. The summed E-state index contributed by atoms with van der Waals surface area (Å²) in [6.07, 6.45) is 5.25. The van der Waals surface area contributed by atoms with Crippen LogP contribution in [0.2, 0.25) is 0 Å². The topological polar surface area (TPSA) is 76.5 Å². The number of allylic oxidation sites excluding steroid dienone is 1. The zero-order chi connectivity index (χ0) is 20.2. The van der Waals surface area contributed by atoms with Gasteiger partial charge in [0, 0.05) is 49.4 Å². The zero-order valence-electron chi connectivity index (χ0n) is 16.4. The molecule has 0 aromatic carbocycles. The monoisotopic (exact) mass is 429 g/mol. The second-order valence-electron chi connectivity index (χ2n) is 8.48. The number of thiazole rings is 1. The SMILES string of the molecule is Cc1csc(-c2c(CC(=O)C3=C(C(=O)O)CCC3)sc3c2CCC2(COC2)C3)n1. The van der Waals surface area contributed by atoms with Crippen molar-refractivity contribution in [3.8, 4) is 10.6 Å². The Morgan fingerprint density at radius 2 is 2.03 bits per heavy atom. The molecular formula is C22H23NO4S2. The second-order valence-corrected chi connectivity index (χ2v) is 10.5. The predicted octanol–water partition coefficient (Wildman–Crippen LogP) is 4.36. The highest BCUT2D eigenvalue weighted by Crippen LogP contribution is 2.49. The summed E-state index contributed by atoms with van der Waals surface area (Å²) in [5.41, 5.74) is 4.60. The van der Waals surface area contributed by atoms with E-state index in [1.54, 1.807) is 22.7 Å². The van der Waals surface area contributed by atoms with Gasteiger partial charge in [0.1, 0.15) is 5.01 Å².